The molecule has 0 bridgehead atoms. The van der Waals surface area contributed by atoms with E-state index in [9.17, 15) is 9.59 Å². The molecule has 0 radical (unpaired) electrons. The van der Waals surface area contributed by atoms with Gasteiger partial charge >= 0.3 is 0 Å². The van der Waals surface area contributed by atoms with Crippen LogP contribution in [0.15, 0.2) is 24.3 Å². The Morgan fingerprint density at radius 1 is 1.26 bits per heavy atom. The van der Waals surface area contributed by atoms with Gasteiger partial charge in [0.05, 0.1) is 18.5 Å². The quantitative estimate of drug-likeness (QED) is 0.663. The molecular formula is C16H23ClN4O2. The molecule has 1 aromatic rings. The normalized spacial score (nSPS) is 21.0. The molecular weight excluding hydrogens is 316 g/mol. The summed E-state index contributed by atoms with van der Waals surface area (Å²) in [4.78, 5) is 24.2. The maximum absolute atomic E-state index is 12.4. The molecule has 0 saturated carbocycles. The number of hydrogen-bond acceptors (Lipinski definition) is 4. The van der Waals surface area contributed by atoms with Gasteiger partial charge in [0.1, 0.15) is 0 Å². The second-order valence-corrected chi connectivity index (χ2v) is 7.11. The second kappa shape index (κ2) is 7.29. The van der Waals surface area contributed by atoms with E-state index < -0.39 is 0 Å². The van der Waals surface area contributed by atoms with Crippen LogP contribution in [0.25, 0.3) is 0 Å². The van der Waals surface area contributed by atoms with Crippen molar-refractivity contribution < 1.29 is 9.59 Å². The molecule has 2 unspecified atom stereocenters. The minimum Gasteiger partial charge on any atom is -0.350 e. The van der Waals surface area contributed by atoms with Gasteiger partial charge in [-0.15, -0.1) is 0 Å². The molecule has 2 rings (SSSR count). The summed E-state index contributed by atoms with van der Waals surface area (Å²) in [5, 5.41) is 6.17. The van der Waals surface area contributed by atoms with Crippen LogP contribution < -0.4 is 21.5 Å². The van der Waals surface area contributed by atoms with E-state index in [2.05, 4.69) is 21.5 Å². The standard InChI is InChI=1S/C16H23ClN4O2/c1-16(2,3)20-13(22)9-18-15(23)12-8-19-21-14(12)10-4-6-11(17)7-5-10/h4-7,12,14,19,21H,8-9H2,1-3H3,(H,18,23)(H,20,22). The van der Waals surface area contributed by atoms with Crippen molar-refractivity contribution in [1.82, 2.24) is 21.5 Å². The maximum Gasteiger partial charge on any atom is 0.239 e. The van der Waals surface area contributed by atoms with Crippen LogP contribution in [0, 0.1) is 5.92 Å². The van der Waals surface area contributed by atoms with Crippen molar-refractivity contribution in [3.05, 3.63) is 34.9 Å². The Morgan fingerprint density at radius 2 is 1.91 bits per heavy atom. The van der Waals surface area contributed by atoms with Crippen molar-refractivity contribution in [2.45, 2.75) is 32.4 Å². The molecule has 7 heteroatoms. The summed E-state index contributed by atoms with van der Waals surface area (Å²) in [7, 11) is 0. The first-order valence-corrected chi connectivity index (χ1v) is 7.96. The van der Waals surface area contributed by atoms with Crippen LogP contribution in [-0.2, 0) is 9.59 Å². The van der Waals surface area contributed by atoms with Crippen LogP contribution in [0.4, 0.5) is 0 Å². The Bertz CT molecular complexity index is 568. The second-order valence-electron chi connectivity index (χ2n) is 6.68. The fourth-order valence-corrected chi connectivity index (χ4v) is 2.61. The summed E-state index contributed by atoms with van der Waals surface area (Å²) in [6, 6.07) is 7.21. The number of carbonyl (C=O) groups excluding carboxylic acids is 2. The molecule has 126 valence electrons. The number of halogens is 1. The molecule has 0 aromatic heterocycles. The third-order valence-corrected chi connectivity index (χ3v) is 3.74. The number of carbonyl (C=O) groups is 2. The van der Waals surface area contributed by atoms with Crippen LogP contribution >= 0.6 is 11.6 Å². The van der Waals surface area contributed by atoms with Crippen molar-refractivity contribution in [2.75, 3.05) is 13.1 Å². The van der Waals surface area contributed by atoms with Gasteiger partial charge in [0, 0.05) is 17.1 Å². The van der Waals surface area contributed by atoms with Crippen molar-refractivity contribution in [3.63, 3.8) is 0 Å². The van der Waals surface area contributed by atoms with E-state index in [0.29, 0.717) is 11.6 Å². The molecule has 2 amide bonds. The molecule has 6 nitrogen and oxygen atoms in total. The highest BCUT2D eigenvalue weighted by molar-refractivity contribution is 6.30. The predicted molar refractivity (Wildman–Crippen MR) is 89.7 cm³/mol. The SMILES string of the molecule is CC(C)(C)NC(=O)CNC(=O)C1CNNC1c1ccc(Cl)cc1. The number of nitrogens with one attached hydrogen (secondary N) is 4. The van der Waals surface area contributed by atoms with E-state index in [0.717, 1.165) is 5.56 Å². The molecule has 0 spiro atoms. The van der Waals surface area contributed by atoms with Crippen molar-refractivity contribution in [1.29, 1.82) is 0 Å². The molecule has 0 aliphatic carbocycles. The topological polar surface area (TPSA) is 82.3 Å². The zero-order valence-electron chi connectivity index (χ0n) is 13.6. The first-order chi connectivity index (χ1) is 10.8. The molecule has 1 heterocycles. The average molecular weight is 339 g/mol. The van der Waals surface area contributed by atoms with Gasteiger partial charge in [-0.1, -0.05) is 23.7 Å². The van der Waals surface area contributed by atoms with Gasteiger partial charge in [-0.05, 0) is 38.5 Å². The Hall–Kier alpha value is -1.63. The van der Waals surface area contributed by atoms with Crippen LogP contribution in [0.3, 0.4) is 0 Å². The highest BCUT2D eigenvalue weighted by Crippen LogP contribution is 2.26. The largest absolute Gasteiger partial charge is 0.350 e. The summed E-state index contributed by atoms with van der Waals surface area (Å²) < 4.78 is 0. The lowest BCUT2D eigenvalue weighted by Crippen LogP contribution is -2.47. The number of hydrogen-bond donors (Lipinski definition) is 4. The van der Waals surface area contributed by atoms with Gasteiger partial charge in [0.15, 0.2) is 0 Å². The van der Waals surface area contributed by atoms with Crippen LogP contribution in [-0.4, -0.2) is 30.4 Å². The number of benzene rings is 1. The third-order valence-electron chi connectivity index (χ3n) is 3.49. The number of amides is 2. The molecule has 4 N–H and O–H groups in total. The zero-order chi connectivity index (χ0) is 17.0. The Kier molecular flexibility index (Phi) is 5.62. The van der Waals surface area contributed by atoms with E-state index in [1.165, 1.54) is 0 Å². The summed E-state index contributed by atoms with van der Waals surface area (Å²) in [6.07, 6.45) is 0. The van der Waals surface area contributed by atoms with Gasteiger partial charge in [-0.2, -0.15) is 0 Å². The van der Waals surface area contributed by atoms with Crippen LogP contribution in [0.2, 0.25) is 5.02 Å². The summed E-state index contributed by atoms with van der Waals surface area (Å²) >= 11 is 5.89. The molecule has 23 heavy (non-hydrogen) atoms. The maximum atomic E-state index is 12.4. The van der Waals surface area contributed by atoms with Gasteiger partial charge < -0.3 is 10.6 Å². The molecule has 1 saturated heterocycles. The molecule has 1 aliphatic rings. The van der Waals surface area contributed by atoms with Crippen molar-refractivity contribution in [3.8, 4) is 0 Å². The van der Waals surface area contributed by atoms with E-state index in [1.54, 1.807) is 12.1 Å². The lowest BCUT2D eigenvalue weighted by Gasteiger charge is -2.22. The van der Waals surface area contributed by atoms with E-state index in [1.807, 2.05) is 32.9 Å². The lowest BCUT2D eigenvalue weighted by atomic mass is 9.94. The van der Waals surface area contributed by atoms with E-state index in [-0.39, 0.29) is 35.9 Å². The predicted octanol–water partition coefficient (Wildman–Crippen LogP) is 1.14. The van der Waals surface area contributed by atoms with Gasteiger partial charge in [0.25, 0.3) is 0 Å². The Morgan fingerprint density at radius 3 is 2.52 bits per heavy atom. The van der Waals surface area contributed by atoms with Crippen molar-refractivity contribution in [2.24, 2.45) is 5.92 Å². The number of hydrazine groups is 1. The summed E-state index contributed by atoms with van der Waals surface area (Å²) in [6.45, 7) is 6.16. The van der Waals surface area contributed by atoms with Crippen LogP contribution in [0.5, 0.6) is 0 Å². The third kappa shape index (κ3) is 5.20. The fourth-order valence-electron chi connectivity index (χ4n) is 2.49. The first-order valence-electron chi connectivity index (χ1n) is 7.59. The van der Waals surface area contributed by atoms with E-state index >= 15 is 0 Å². The average Bonchev–Trinajstić information content (AvgIpc) is 2.93. The minimum absolute atomic E-state index is 0.0278. The van der Waals surface area contributed by atoms with Crippen LogP contribution in [0.1, 0.15) is 32.4 Å². The smallest absolute Gasteiger partial charge is 0.239 e. The lowest BCUT2D eigenvalue weighted by molar-refractivity contribution is -0.129. The van der Waals surface area contributed by atoms with Gasteiger partial charge in [0.2, 0.25) is 11.8 Å². The minimum atomic E-state index is -0.315. The monoisotopic (exact) mass is 338 g/mol. The number of rotatable bonds is 4. The van der Waals surface area contributed by atoms with Gasteiger partial charge in [-0.3, -0.25) is 15.0 Å². The molecule has 1 fully saturated rings. The highest BCUT2D eigenvalue weighted by atomic mass is 35.5. The van der Waals surface area contributed by atoms with Gasteiger partial charge in [-0.25, -0.2) is 5.43 Å². The molecule has 1 aliphatic heterocycles. The van der Waals surface area contributed by atoms with Crippen molar-refractivity contribution >= 4 is 23.4 Å². The van der Waals surface area contributed by atoms with E-state index in [4.69, 9.17) is 11.6 Å². The molecule has 1 aromatic carbocycles. The summed E-state index contributed by atoms with van der Waals surface area (Å²) in [5.41, 5.74) is 6.75. The summed E-state index contributed by atoms with van der Waals surface area (Å²) in [5.74, 6) is -0.655. The fraction of sp³-hybridized carbons (Fsp3) is 0.500. The Balaban J connectivity index is 1.93. The zero-order valence-corrected chi connectivity index (χ0v) is 14.3. The first kappa shape index (κ1) is 17.7. The Labute approximate surface area is 141 Å². The highest BCUT2D eigenvalue weighted by Gasteiger charge is 2.34. The molecule has 2 atom stereocenters.